The van der Waals surface area contributed by atoms with Crippen molar-refractivity contribution in [2.45, 2.75) is 63.1 Å². The average Bonchev–Trinajstić information content (AvgIpc) is 3.38. The molecule has 3 aliphatic carbocycles. The van der Waals surface area contributed by atoms with E-state index >= 15 is 0 Å². The van der Waals surface area contributed by atoms with E-state index in [-0.39, 0.29) is 35.7 Å². The van der Waals surface area contributed by atoms with Crippen LogP contribution in [0.1, 0.15) is 60.4 Å². The number of rotatable bonds is 7. The van der Waals surface area contributed by atoms with Crippen LogP contribution in [0.5, 0.6) is 5.75 Å². The zero-order valence-corrected chi connectivity index (χ0v) is 25.2. The Hall–Kier alpha value is -3.85. The Balaban J connectivity index is 1.25. The number of para-hydroxylation sites is 1. The number of likely N-dealkylation sites (tertiary alicyclic amines) is 1. The summed E-state index contributed by atoms with van der Waals surface area (Å²) in [5.41, 5.74) is 12.2. The molecule has 1 aliphatic heterocycles. The summed E-state index contributed by atoms with van der Waals surface area (Å²) in [5.74, 6) is 2.90. The van der Waals surface area contributed by atoms with Crippen LogP contribution in [0.2, 0.25) is 0 Å². The van der Waals surface area contributed by atoms with E-state index < -0.39 is 0 Å². The molecule has 8 rings (SSSR count). The summed E-state index contributed by atoms with van der Waals surface area (Å²) in [6, 6.07) is 12.7. The first-order valence-electron chi connectivity index (χ1n) is 15.8. The Morgan fingerprint density at radius 1 is 1.07 bits per heavy atom. The molecule has 4 fully saturated rings. The predicted octanol–water partition coefficient (Wildman–Crippen LogP) is 4.41. The van der Waals surface area contributed by atoms with Crippen LogP contribution in [0.15, 0.2) is 36.4 Å². The maximum atomic E-state index is 13.7. The summed E-state index contributed by atoms with van der Waals surface area (Å²) < 4.78 is 10.4. The highest BCUT2D eigenvalue weighted by atomic mass is 16.5. The van der Waals surface area contributed by atoms with Crippen LogP contribution >= 0.6 is 0 Å². The number of aryl methyl sites for hydroxylation is 1. The maximum absolute atomic E-state index is 13.7. The van der Waals surface area contributed by atoms with E-state index in [1.807, 2.05) is 24.1 Å². The van der Waals surface area contributed by atoms with E-state index in [0.717, 1.165) is 61.3 Å². The van der Waals surface area contributed by atoms with Crippen molar-refractivity contribution in [2.24, 2.45) is 30.5 Å². The highest BCUT2D eigenvalue weighted by Crippen LogP contribution is 2.47. The Morgan fingerprint density at radius 3 is 2.56 bits per heavy atom. The minimum atomic E-state index is 0.00807. The molecule has 9 nitrogen and oxygen atoms in total. The molecule has 3 heterocycles. The molecule has 224 valence electrons. The highest BCUT2D eigenvalue weighted by molar-refractivity contribution is 6.00. The van der Waals surface area contributed by atoms with E-state index in [9.17, 15) is 9.59 Å². The number of ether oxygens (including phenoxy) is 1. The van der Waals surface area contributed by atoms with Crippen molar-refractivity contribution in [3.63, 3.8) is 0 Å². The Kier molecular flexibility index (Phi) is 6.12. The maximum Gasteiger partial charge on any atom is 0.254 e. The van der Waals surface area contributed by atoms with Crippen molar-refractivity contribution < 1.29 is 14.3 Å². The van der Waals surface area contributed by atoms with Gasteiger partial charge in [0.1, 0.15) is 11.3 Å². The molecular weight excluding hydrogens is 540 g/mol. The van der Waals surface area contributed by atoms with Crippen LogP contribution in [0.4, 0.5) is 0 Å². The molecule has 2 unspecified atom stereocenters. The van der Waals surface area contributed by atoms with E-state index in [2.05, 4.69) is 38.7 Å². The van der Waals surface area contributed by atoms with Crippen LogP contribution in [0.25, 0.3) is 33.5 Å². The van der Waals surface area contributed by atoms with Crippen molar-refractivity contribution in [2.75, 3.05) is 20.7 Å². The lowest BCUT2D eigenvalue weighted by Crippen LogP contribution is -2.41. The fourth-order valence-corrected chi connectivity index (χ4v) is 8.22. The molecule has 3 saturated carbocycles. The average molecular weight is 581 g/mol. The van der Waals surface area contributed by atoms with Gasteiger partial charge in [0.2, 0.25) is 5.91 Å². The standard InChI is InChI=1S/C34H40N6O3/c1-36-33(41)24-11-10-22(24)23-6-4-5-19-14-27(39(30(19)23)16-18-7-8-18)32-37-25-13-21(15-28(43-3)31(25)38(32)2)34(42)40-17-20-9-12-26(40)29(20)35/h4-6,13-15,18,20,22,24,26,29H,7-12,16-17,35H2,1-3H3,(H,36,41)/t20-,22?,24?,26-,29-/m1/s1. The Labute approximate surface area is 251 Å². The molecule has 5 atom stereocenters. The first kappa shape index (κ1) is 26.8. The van der Waals surface area contributed by atoms with Crippen molar-refractivity contribution >= 4 is 33.8 Å². The Morgan fingerprint density at radius 2 is 1.91 bits per heavy atom. The number of hydrogen-bond acceptors (Lipinski definition) is 5. The second kappa shape index (κ2) is 9.84. The molecule has 9 heteroatoms. The van der Waals surface area contributed by atoms with E-state index in [0.29, 0.717) is 23.1 Å². The molecule has 1 saturated heterocycles. The number of nitrogens with one attached hydrogen (secondary N) is 1. The molecular formula is C34H40N6O3. The number of benzene rings is 2. The van der Waals surface area contributed by atoms with Crippen molar-refractivity contribution in [1.29, 1.82) is 0 Å². The molecule has 0 radical (unpaired) electrons. The quantitative estimate of drug-likeness (QED) is 0.337. The number of imidazole rings is 1. The molecule has 2 bridgehead atoms. The van der Waals surface area contributed by atoms with Gasteiger partial charge in [-0.05, 0) is 80.0 Å². The third-order valence-corrected chi connectivity index (χ3v) is 10.9. The summed E-state index contributed by atoms with van der Waals surface area (Å²) in [6.45, 7) is 1.65. The molecule has 4 aromatic rings. The van der Waals surface area contributed by atoms with Gasteiger partial charge >= 0.3 is 0 Å². The van der Waals surface area contributed by atoms with Gasteiger partial charge in [0.15, 0.2) is 5.82 Å². The number of amides is 2. The summed E-state index contributed by atoms with van der Waals surface area (Å²) in [5, 5.41) is 4.04. The number of carbonyl (C=O) groups is 2. The van der Waals surface area contributed by atoms with Gasteiger partial charge in [-0.15, -0.1) is 0 Å². The van der Waals surface area contributed by atoms with Gasteiger partial charge < -0.3 is 29.8 Å². The van der Waals surface area contributed by atoms with Crippen LogP contribution in [0, 0.1) is 17.8 Å². The zero-order chi connectivity index (χ0) is 29.6. The number of carbonyl (C=O) groups excluding carboxylic acids is 2. The van der Waals surface area contributed by atoms with Gasteiger partial charge in [-0.3, -0.25) is 9.59 Å². The zero-order valence-electron chi connectivity index (χ0n) is 25.2. The largest absolute Gasteiger partial charge is 0.494 e. The van der Waals surface area contributed by atoms with Crippen LogP contribution in [-0.4, -0.2) is 63.6 Å². The number of fused-ring (bicyclic) bond motifs is 4. The van der Waals surface area contributed by atoms with E-state index in [1.54, 1.807) is 14.2 Å². The summed E-state index contributed by atoms with van der Waals surface area (Å²) in [4.78, 5) is 33.5. The van der Waals surface area contributed by atoms with Gasteiger partial charge in [0, 0.05) is 56.1 Å². The normalized spacial score (nSPS) is 26.3. The van der Waals surface area contributed by atoms with E-state index in [4.69, 9.17) is 15.5 Å². The van der Waals surface area contributed by atoms with Crippen molar-refractivity contribution in [3.05, 3.63) is 47.5 Å². The minimum Gasteiger partial charge on any atom is -0.494 e. The lowest BCUT2D eigenvalue weighted by Gasteiger charge is -2.36. The van der Waals surface area contributed by atoms with Gasteiger partial charge in [-0.2, -0.15) is 0 Å². The minimum absolute atomic E-state index is 0.00807. The van der Waals surface area contributed by atoms with Crippen LogP contribution in [0.3, 0.4) is 0 Å². The molecule has 4 aliphatic rings. The SMILES string of the molecule is CNC(=O)C1CCC1c1cccc2cc(-c3nc4cc(C(=O)N5C[C@H]6CC[C@@H]5[C@@H]6N)cc(OC)c4n3C)n(CC3CC3)c12. The number of nitrogens with zero attached hydrogens (tertiary/aromatic N) is 4. The summed E-state index contributed by atoms with van der Waals surface area (Å²) >= 11 is 0. The molecule has 3 N–H and O–H groups in total. The first-order chi connectivity index (χ1) is 20.9. The fourth-order valence-electron chi connectivity index (χ4n) is 8.22. The van der Waals surface area contributed by atoms with E-state index in [1.165, 1.54) is 29.3 Å². The highest BCUT2D eigenvalue weighted by Gasteiger charge is 2.47. The van der Waals surface area contributed by atoms with Crippen LogP contribution in [-0.2, 0) is 18.4 Å². The monoisotopic (exact) mass is 580 g/mol. The lowest BCUT2D eigenvalue weighted by molar-refractivity contribution is -0.127. The number of methoxy groups -OCH3 is 1. The third kappa shape index (κ3) is 4.04. The van der Waals surface area contributed by atoms with Crippen LogP contribution < -0.4 is 15.8 Å². The number of nitrogens with two attached hydrogens (primary N) is 1. The molecule has 0 spiro atoms. The summed E-state index contributed by atoms with van der Waals surface area (Å²) in [7, 11) is 5.41. The van der Waals surface area contributed by atoms with Gasteiger partial charge in [0.25, 0.3) is 5.91 Å². The van der Waals surface area contributed by atoms with Gasteiger partial charge in [-0.25, -0.2) is 4.98 Å². The predicted molar refractivity (Wildman–Crippen MR) is 166 cm³/mol. The topological polar surface area (TPSA) is 107 Å². The van der Waals surface area contributed by atoms with Crippen molar-refractivity contribution in [1.82, 2.24) is 24.3 Å². The third-order valence-electron chi connectivity index (χ3n) is 10.9. The fraction of sp³-hybridized carbons (Fsp3) is 0.500. The smallest absolute Gasteiger partial charge is 0.254 e. The van der Waals surface area contributed by atoms with Gasteiger partial charge in [-0.1, -0.05) is 18.2 Å². The Bertz CT molecular complexity index is 1780. The molecule has 2 aromatic carbocycles. The van der Waals surface area contributed by atoms with Crippen molar-refractivity contribution in [3.8, 4) is 17.3 Å². The number of aromatic nitrogens is 3. The second-order valence-corrected chi connectivity index (χ2v) is 13.3. The lowest BCUT2D eigenvalue weighted by atomic mass is 9.69. The molecule has 2 amide bonds. The van der Waals surface area contributed by atoms with Gasteiger partial charge in [0.05, 0.1) is 23.8 Å². The number of piperidine rings is 1. The second-order valence-electron chi connectivity index (χ2n) is 13.3. The molecule has 2 aromatic heterocycles. The number of hydrogen-bond donors (Lipinski definition) is 2. The summed E-state index contributed by atoms with van der Waals surface area (Å²) in [6.07, 6.45) is 6.48. The first-order valence-corrected chi connectivity index (χ1v) is 15.8. The molecule has 43 heavy (non-hydrogen) atoms.